The Morgan fingerprint density at radius 3 is 2.40 bits per heavy atom. The Morgan fingerprint density at radius 2 is 1.69 bits per heavy atom. The topological polar surface area (TPSA) is 130 Å². The smallest absolute Gasteiger partial charge is 0.303 e. The number of aromatic nitrogens is 4. The first-order chi connectivity index (χ1) is 17.0. The van der Waals surface area contributed by atoms with E-state index in [0.717, 1.165) is 57.3 Å². The number of aromatic hydroxyl groups is 1. The normalized spacial score (nSPS) is 15.1. The fourth-order valence-corrected chi connectivity index (χ4v) is 4.94. The molecule has 0 bridgehead atoms. The number of para-hydroxylation sites is 1. The molecule has 0 aliphatic carbocycles. The number of hydrogen-bond donors (Lipinski definition) is 3. The molecule has 0 saturated carbocycles. The van der Waals surface area contributed by atoms with Crippen molar-refractivity contribution in [3.8, 4) is 17.0 Å². The average Bonchev–Trinajstić information content (AvgIpc) is 3.19. The molecular formula is C26H36N6O3. The Balaban J connectivity index is 1.26. The zero-order chi connectivity index (χ0) is 24.6. The molecule has 0 atom stereocenters. The molecule has 9 nitrogen and oxygen atoms in total. The van der Waals surface area contributed by atoms with Gasteiger partial charge in [0.1, 0.15) is 5.75 Å². The summed E-state index contributed by atoms with van der Waals surface area (Å²) >= 11 is 0. The summed E-state index contributed by atoms with van der Waals surface area (Å²) in [5.74, 6) is -0.128. The van der Waals surface area contributed by atoms with Gasteiger partial charge >= 0.3 is 5.97 Å². The summed E-state index contributed by atoms with van der Waals surface area (Å²) in [5, 5.41) is 32.1. The lowest BCUT2D eigenvalue weighted by atomic mass is 10.0. The van der Waals surface area contributed by atoms with Crippen molar-refractivity contribution < 1.29 is 15.0 Å². The van der Waals surface area contributed by atoms with Crippen molar-refractivity contribution in [3.63, 3.8) is 0 Å². The molecule has 35 heavy (non-hydrogen) atoms. The average molecular weight is 481 g/mol. The molecule has 188 valence electrons. The van der Waals surface area contributed by atoms with Gasteiger partial charge < -0.3 is 20.8 Å². The van der Waals surface area contributed by atoms with Gasteiger partial charge in [0, 0.05) is 25.1 Å². The SMILES string of the molecule is Nc1nn(C2CCN(CCCCCCCCCC(=O)O)CC2)c2cc(-c3ccccc3O)nnc12. The van der Waals surface area contributed by atoms with Crippen LogP contribution in [0.2, 0.25) is 0 Å². The van der Waals surface area contributed by atoms with Gasteiger partial charge in [-0.2, -0.15) is 5.10 Å². The number of nitrogen functional groups attached to an aromatic ring is 1. The summed E-state index contributed by atoms with van der Waals surface area (Å²) < 4.78 is 2.00. The number of carboxylic acids is 1. The highest BCUT2D eigenvalue weighted by Crippen LogP contribution is 2.32. The van der Waals surface area contributed by atoms with Gasteiger partial charge in [-0.05, 0) is 50.4 Å². The number of benzene rings is 1. The summed E-state index contributed by atoms with van der Waals surface area (Å²) in [7, 11) is 0. The molecule has 9 heteroatoms. The molecule has 0 amide bonds. The van der Waals surface area contributed by atoms with Crippen LogP contribution >= 0.6 is 0 Å². The molecule has 1 saturated heterocycles. The van der Waals surface area contributed by atoms with Gasteiger partial charge in [-0.15, -0.1) is 10.2 Å². The Bertz CT molecular complexity index is 1120. The number of rotatable bonds is 12. The number of unbranched alkanes of at least 4 members (excludes halogenated alkanes) is 6. The van der Waals surface area contributed by atoms with Gasteiger partial charge in [0.2, 0.25) is 0 Å². The maximum Gasteiger partial charge on any atom is 0.303 e. The van der Waals surface area contributed by atoms with Crippen LogP contribution in [0.5, 0.6) is 5.75 Å². The van der Waals surface area contributed by atoms with Crippen LogP contribution in [-0.2, 0) is 4.79 Å². The molecule has 3 aromatic rings. The first kappa shape index (κ1) is 24.9. The number of aliphatic carboxylic acids is 1. The van der Waals surface area contributed by atoms with E-state index in [9.17, 15) is 9.90 Å². The Kier molecular flexibility index (Phi) is 8.52. The maximum absolute atomic E-state index is 10.5. The first-order valence-electron chi connectivity index (χ1n) is 12.8. The summed E-state index contributed by atoms with van der Waals surface area (Å²) in [6, 6.07) is 9.31. The lowest BCUT2D eigenvalue weighted by molar-refractivity contribution is -0.137. The Hall–Kier alpha value is -3.20. The molecule has 4 N–H and O–H groups in total. The van der Waals surface area contributed by atoms with E-state index in [0.29, 0.717) is 29.0 Å². The summed E-state index contributed by atoms with van der Waals surface area (Å²) in [6.45, 7) is 3.19. The quantitative estimate of drug-likeness (QED) is 0.320. The highest BCUT2D eigenvalue weighted by atomic mass is 16.4. The van der Waals surface area contributed by atoms with Gasteiger partial charge in [-0.1, -0.05) is 44.2 Å². The van der Waals surface area contributed by atoms with Crippen molar-refractivity contribution >= 4 is 22.8 Å². The third kappa shape index (κ3) is 6.48. The molecule has 0 radical (unpaired) electrons. The van der Waals surface area contributed by atoms with E-state index in [1.54, 1.807) is 12.1 Å². The third-order valence-electron chi connectivity index (χ3n) is 6.93. The lowest BCUT2D eigenvalue weighted by Crippen LogP contribution is -2.35. The van der Waals surface area contributed by atoms with E-state index < -0.39 is 5.97 Å². The van der Waals surface area contributed by atoms with Crippen LogP contribution in [0.3, 0.4) is 0 Å². The number of fused-ring (bicyclic) bond motifs is 1. The molecule has 1 aliphatic rings. The number of piperidine rings is 1. The van der Waals surface area contributed by atoms with Crippen molar-refractivity contribution in [3.05, 3.63) is 30.3 Å². The molecule has 1 aliphatic heterocycles. The molecule has 1 fully saturated rings. The second-order valence-corrected chi connectivity index (χ2v) is 9.50. The van der Waals surface area contributed by atoms with Crippen LogP contribution < -0.4 is 5.73 Å². The van der Waals surface area contributed by atoms with E-state index >= 15 is 0 Å². The largest absolute Gasteiger partial charge is 0.507 e. The number of nitrogens with zero attached hydrogens (tertiary/aromatic N) is 5. The zero-order valence-corrected chi connectivity index (χ0v) is 20.3. The highest BCUT2D eigenvalue weighted by Gasteiger charge is 2.24. The summed E-state index contributed by atoms with van der Waals surface area (Å²) in [5.41, 5.74) is 8.87. The van der Waals surface area contributed by atoms with Crippen LogP contribution in [0.1, 0.15) is 70.3 Å². The molecule has 0 unspecified atom stereocenters. The van der Waals surface area contributed by atoms with Crippen molar-refractivity contribution in [1.82, 2.24) is 24.9 Å². The van der Waals surface area contributed by atoms with E-state index in [-0.39, 0.29) is 11.8 Å². The van der Waals surface area contributed by atoms with Gasteiger partial charge in [0.25, 0.3) is 0 Å². The summed E-state index contributed by atoms with van der Waals surface area (Å²) in [4.78, 5) is 13.1. The number of hydrogen-bond acceptors (Lipinski definition) is 7. The van der Waals surface area contributed by atoms with Crippen molar-refractivity contribution in [2.24, 2.45) is 0 Å². The second kappa shape index (κ2) is 12.0. The number of likely N-dealkylation sites (tertiary alicyclic amines) is 1. The van der Waals surface area contributed by atoms with Gasteiger partial charge in [-0.25, -0.2) is 0 Å². The van der Waals surface area contributed by atoms with Crippen molar-refractivity contribution in [2.75, 3.05) is 25.4 Å². The lowest BCUT2D eigenvalue weighted by Gasteiger charge is -2.32. The van der Waals surface area contributed by atoms with E-state index in [2.05, 4.69) is 20.2 Å². The molecule has 0 spiro atoms. The van der Waals surface area contributed by atoms with Crippen molar-refractivity contribution in [2.45, 2.75) is 70.3 Å². The maximum atomic E-state index is 10.5. The minimum atomic E-state index is -0.691. The van der Waals surface area contributed by atoms with E-state index in [4.69, 9.17) is 10.8 Å². The second-order valence-electron chi connectivity index (χ2n) is 9.50. The van der Waals surface area contributed by atoms with Gasteiger partial charge in [0.05, 0.1) is 17.3 Å². The van der Waals surface area contributed by atoms with Crippen LogP contribution in [0.25, 0.3) is 22.3 Å². The minimum absolute atomic E-state index is 0.173. The fraction of sp³-hybridized carbons (Fsp3) is 0.538. The highest BCUT2D eigenvalue weighted by molar-refractivity contribution is 5.87. The number of anilines is 1. The van der Waals surface area contributed by atoms with E-state index in [1.165, 1.54) is 25.7 Å². The molecule has 2 aromatic heterocycles. The first-order valence-corrected chi connectivity index (χ1v) is 12.8. The van der Waals surface area contributed by atoms with Crippen molar-refractivity contribution in [1.29, 1.82) is 0 Å². The minimum Gasteiger partial charge on any atom is -0.507 e. The number of phenolic OH excluding ortho intramolecular Hbond substituents is 1. The molecule has 3 heterocycles. The monoisotopic (exact) mass is 480 g/mol. The predicted molar refractivity (Wildman–Crippen MR) is 136 cm³/mol. The number of phenols is 1. The molecule has 4 rings (SSSR count). The van der Waals surface area contributed by atoms with Crippen LogP contribution in [0.4, 0.5) is 5.82 Å². The number of carbonyl (C=O) groups is 1. The van der Waals surface area contributed by atoms with E-state index in [1.807, 2.05) is 22.9 Å². The van der Waals surface area contributed by atoms with Crippen LogP contribution in [0.15, 0.2) is 30.3 Å². The standard InChI is InChI=1S/C26H36N6O3/c27-26-25-22(18-21(28-29-25)20-10-7-8-11-23(20)33)32(30-26)19-13-16-31(17-14-19)15-9-5-3-1-2-4-6-12-24(34)35/h7-8,10-11,18-19,33H,1-6,9,12-17H2,(H2,27,30)(H,34,35). The Morgan fingerprint density at radius 1 is 1.00 bits per heavy atom. The van der Waals surface area contributed by atoms with Gasteiger partial charge in [0.15, 0.2) is 11.3 Å². The third-order valence-corrected chi connectivity index (χ3v) is 6.93. The van der Waals surface area contributed by atoms with Crippen LogP contribution in [0, 0.1) is 0 Å². The molecular weight excluding hydrogens is 444 g/mol. The molecule has 1 aromatic carbocycles. The van der Waals surface area contributed by atoms with Crippen LogP contribution in [-0.4, -0.2) is 60.7 Å². The fourth-order valence-electron chi connectivity index (χ4n) is 4.94. The number of nitrogens with two attached hydrogens (primary N) is 1. The van der Waals surface area contributed by atoms with Gasteiger partial charge in [-0.3, -0.25) is 9.48 Å². The Labute approximate surface area is 206 Å². The predicted octanol–water partition coefficient (Wildman–Crippen LogP) is 4.62. The zero-order valence-electron chi connectivity index (χ0n) is 20.3. The number of carboxylic acid groups (broad SMARTS) is 1. The summed E-state index contributed by atoms with van der Waals surface area (Å²) in [6.07, 6.45) is 10.1.